The van der Waals surface area contributed by atoms with E-state index in [1.54, 1.807) is 19.3 Å². The van der Waals surface area contributed by atoms with E-state index in [1.165, 1.54) is 16.7 Å². The number of aromatic nitrogens is 1. The lowest BCUT2D eigenvalue weighted by Gasteiger charge is -2.43. The number of aryl methyl sites for hydroxylation is 1. The molecule has 1 amide bonds. The van der Waals surface area contributed by atoms with Crippen LogP contribution in [-0.2, 0) is 4.79 Å². The Morgan fingerprint density at radius 1 is 1.15 bits per heavy atom. The predicted octanol–water partition coefficient (Wildman–Crippen LogP) is 3.64. The van der Waals surface area contributed by atoms with Crippen LogP contribution in [-0.4, -0.2) is 39.5 Å². The fourth-order valence-corrected chi connectivity index (χ4v) is 3.91. The monoisotopic (exact) mass is 352 g/mol. The van der Waals surface area contributed by atoms with Crippen molar-refractivity contribution < 1.29 is 14.7 Å². The fraction of sp³-hybridized carbons (Fsp3) is 0.381. The summed E-state index contributed by atoms with van der Waals surface area (Å²) in [6, 6.07) is 11.9. The molecule has 136 valence electrons. The summed E-state index contributed by atoms with van der Waals surface area (Å²) in [6.07, 6.45) is 5.57. The zero-order valence-electron chi connectivity index (χ0n) is 15.2. The third-order valence-corrected chi connectivity index (χ3v) is 5.55. The maximum absolute atomic E-state index is 12.9. The lowest BCUT2D eigenvalue weighted by molar-refractivity contribution is -0.151. The second-order valence-electron chi connectivity index (χ2n) is 7.14. The largest absolute Gasteiger partial charge is 0.479 e. The van der Waals surface area contributed by atoms with Crippen LogP contribution in [0, 0.1) is 6.92 Å². The third-order valence-electron chi connectivity index (χ3n) is 5.55. The van der Waals surface area contributed by atoms with Gasteiger partial charge in [0.05, 0.1) is 5.56 Å². The quantitative estimate of drug-likeness (QED) is 0.912. The standard InChI is InChI=1S/C21H24N2O3/c1-15-12-18(14-22-13-15)19(24)23(2)21(20(25)26)10-8-17(9-11-21)16-6-4-3-5-7-16/h3-7,12-14,17H,8-11H2,1-2H3,(H,25,26). The highest BCUT2D eigenvalue weighted by atomic mass is 16.4. The Balaban J connectivity index is 1.81. The molecule has 2 aromatic rings. The molecule has 0 aliphatic heterocycles. The molecular weight excluding hydrogens is 328 g/mol. The number of likely N-dealkylation sites (N-methyl/N-ethyl adjacent to an activating group) is 1. The smallest absolute Gasteiger partial charge is 0.329 e. The molecule has 1 fully saturated rings. The second-order valence-corrected chi connectivity index (χ2v) is 7.14. The molecule has 0 spiro atoms. The summed E-state index contributed by atoms with van der Waals surface area (Å²) in [5.41, 5.74) is 1.38. The Labute approximate surface area is 153 Å². The number of hydrogen-bond donors (Lipinski definition) is 1. The van der Waals surface area contributed by atoms with Gasteiger partial charge in [-0.2, -0.15) is 0 Å². The number of amides is 1. The predicted molar refractivity (Wildman–Crippen MR) is 99.1 cm³/mol. The van der Waals surface area contributed by atoms with Crippen molar-refractivity contribution in [1.82, 2.24) is 9.88 Å². The van der Waals surface area contributed by atoms with Gasteiger partial charge in [-0.3, -0.25) is 9.78 Å². The number of pyridine rings is 1. The SMILES string of the molecule is Cc1cncc(C(=O)N(C)C2(C(=O)O)CCC(c3ccccc3)CC2)c1. The average molecular weight is 352 g/mol. The Bertz CT molecular complexity index is 796. The van der Waals surface area contributed by atoms with E-state index in [0.29, 0.717) is 24.3 Å². The van der Waals surface area contributed by atoms with E-state index in [-0.39, 0.29) is 5.91 Å². The van der Waals surface area contributed by atoms with Gasteiger partial charge in [0.25, 0.3) is 5.91 Å². The number of aliphatic carboxylic acids is 1. The van der Waals surface area contributed by atoms with Crippen LogP contribution in [0.4, 0.5) is 0 Å². The summed E-state index contributed by atoms with van der Waals surface area (Å²) in [5, 5.41) is 9.96. The van der Waals surface area contributed by atoms with E-state index in [1.807, 2.05) is 25.1 Å². The topological polar surface area (TPSA) is 70.5 Å². The molecule has 1 aliphatic carbocycles. The highest BCUT2D eigenvalue weighted by Crippen LogP contribution is 2.41. The molecule has 0 atom stereocenters. The van der Waals surface area contributed by atoms with Crippen LogP contribution in [0.1, 0.15) is 53.1 Å². The molecule has 26 heavy (non-hydrogen) atoms. The molecule has 3 rings (SSSR count). The summed E-state index contributed by atoms with van der Waals surface area (Å²) in [5.74, 6) is -0.880. The van der Waals surface area contributed by atoms with Crippen molar-refractivity contribution in [2.45, 2.75) is 44.1 Å². The van der Waals surface area contributed by atoms with Crippen molar-refractivity contribution >= 4 is 11.9 Å². The number of carbonyl (C=O) groups excluding carboxylic acids is 1. The summed E-state index contributed by atoms with van der Waals surface area (Å²) in [4.78, 5) is 30.5. The van der Waals surface area contributed by atoms with Gasteiger partial charge in [-0.1, -0.05) is 30.3 Å². The van der Waals surface area contributed by atoms with Crippen LogP contribution in [0.25, 0.3) is 0 Å². The van der Waals surface area contributed by atoms with Crippen LogP contribution in [0.3, 0.4) is 0 Å². The average Bonchev–Trinajstić information content (AvgIpc) is 2.67. The van der Waals surface area contributed by atoms with E-state index < -0.39 is 11.5 Å². The summed E-state index contributed by atoms with van der Waals surface area (Å²) >= 11 is 0. The number of hydrogen-bond acceptors (Lipinski definition) is 3. The van der Waals surface area contributed by atoms with Crippen LogP contribution in [0.2, 0.25) is 0 Å². The first-order valence-corrected chi connectivity index (χ1v) is 8.92. The van der Waals surface area contributed by atoms with Crippen LogP contribution < -0.4 is 0 Å². The molecule has 1 heterocycles. The molecule has 5 nitrogen and oxygen atoms in total. The molecule has 1 saturated carbocycles. The Kier molecular flexibility index (Phi) is 5.07. The van der Waals surface area contributed by atoms with Gasteiger partial charge in [0.15, 0.2) is 0 Å². The van der Waals surface area contributed by atoms with E-state index in [2.05, 4.69) is 17.1 Å². The zero-order chi connectivity index (χ0) is 18.7. The van der Waals surface area contributed by atoms with Gasteiger partial charge >= 0.3 is 5.97 Å². The van der Waals surface area contributed by atoms with Gasteiger partial charge in [0.1, 0.15) is 5.54 Å². The van der Waals surface area contributed by atoms with Gasteiger partial charge in [-0.15, -0.1) is 0 Å². The first-order valence-electron chi connectivity index (χ1n) is 8.92. The highest BCUT2D eigenvalue weighted by Gasteiger charge is 2.47. The number of rotatable bonds is 4. The maximum Gasteiger partial charge on any atom is 0.329 e. The first kappa shape index (κ1) is 18.1. The van der Waals surface area contributed by atoms with Gasteiger partial charge in [0.2, 0.25) is 0 Å². The third kappa shape index (κ3) is 3.34. The second kappa shape index (κ2) is 7.28. The maximum atomic E-state index is 12.9. The molecule has 0 radical (unpaired) electrons. The van der Waals surface area contributed by atoms with Crippen molar-refractivity contribution in [2.24, 2.45) is 0 Å². The highest BCUT2D eigenvalue weighted by molar-refractivity contribution is 5.97. The minimum atomic E-state index is -1.16. The molecule has 1 aliphatic rings. The Hall–Kier alpha value is -2.69. The molecule has 0 unspecified atom stereocenters. The van der Waals surface area contributed by atoms with Crippen LogP contribution in [0.5, 0.6) is 0 Å². The van der Waals surface area contributed by atoms with Crippen LogP contribution in [0.15, 0.2) is 48.8 Å². The lowest BCUT2D eigenvalue weighted by atomic mass is 9.73. The summed E-state index contributed by atoms with van der Waals surface area (Å²) in [7, 11) is 1.60. The van der Waals surface area contributed by atoms with E-state index in [0.717, 1.165) is 18.4 Å². The molecule has 1 N–H and O–H groups in total. The number of carbonyl (C=O) groups is 2. The van der Waals surface area contributed by atoms with E-state index in [4.69, 9.17) is 0 Å². The van der Waals surface area contributed by atoms with E-state index >= 15 is 0 Å². The molecule has 0 saturated heterocycles. The normalized spacial score (nSPS) is 22.6. The fourth-order valence-electron chi connectivity index (χ4n) is 3.91. The van der Waals surface area contributed by atoms with Gasteiger partial charge in [-0.25, -0.2) is 4.79 Å². The first-order chi connectivity index (χ1) is 12.4. The molecular formula is C21H24N2O3. The number of nitrogens with zero attached hydrogens (tertiary/aromatic N) is 2. The zero-order valence-corrected chi connectivity index (χ0v) is 15.2. The summed E-state index contributed by atoms with van der Waals surface area (Å²) < 4.78 is 0. The van der Waals surface area contributed by atoms with Gasteiger partial charge in [-0.05, 0) is 55.7 Å². The van der Waals surface area contributed by atoms with Crippen molar-refractivity contribution in [2.75, 3.05) is 7.05 Å². The van der Waals surface area contributed by atoms with Gasteiger partial charge in [0, 0.05) is 19.4 Å². The van der Waals surface area contributed by atoms with Crippen molar-refractivity contribution in [3.05, 3.63) is 65.5 Å². The van der Waals surface area contributed by atoms with Crippen LogP contribution >= 0.6 is 0 Å². The van der Waals surface area contributed by atoms with Crippen molar-refractivity contribution in [1.29, 1.82) is 0 Å². The number of carboxylic acid groups (broad SMARTS) is 1. The molecule has 5 heteroatoms. The Morgan fingerprint density at radius 3 is 2.38 bits per heavy atom. The minimum absolute atomic E-state index is 0.290. The number of benzene rings is 1. The van der Waals surface area contributed by atoms with Crippen molar-refractivity contribution in [3.8, 4) is 0 Å². The summed E-state index contributed by atoms with van der Waals surface area (Å²) in [6.45, 7) is 1.86. The van der Waals surface area contributed by atoms with Gasteiger partial charge < -0.3 is 10.0 Å². The number of carboxylic acids is 1. The molecule has 1 aromatic carbocycles. The minimum Gasteiger partial charge on any atom is -0.479 e. The Morgan fingerprint density at radius 2 is 1.81 bits per heavy atom. The molecule has 0 bridgehead atoms. The molecule has 1 aromatic heterocycles. The van der Waals surface area contributed by atoms with Crippen molar-refractivity contribution in [3.63, 3.8) is 0 Å². The lowest BCUT2D eigenvalue weighted by Crippen LogP contribution is -2.56. The van der Waals surface area contributed by atoms with E-state index in [9.17, 15) is 14.7 Å².